The van der Waals surface area contributed by atoms with Gasteiger partial charge in [0.2, 0.25) is 0 Å². The standard InChI is InChI=1S/C15H29NO2/c1-12(2)14-5-7-15(10-16,8-6-14)18-11-17-9-13-3-4-13/h12-14H,3-11,16H2,1-2H3. The van der Waals surface area contributed by atoms with Crippen LogP contribution in [0.5, 0.6) is 0 Å². The van der Waals surface area contributed by atoms with Crippen LogP contribution in [0.1, 0.15) is 52.4 Å². The Balaban J connectivity index is 1.69. The maximum absolute atomic E-state index is 5.98. The fourth-order valence-electron chi connectivity index (χ4n) is 2.91. The topological polar surface area (TPSA) is 44.5 Å². The smallest absolute Gasteiger partial charge is 0.147 e. The average molecular weight is 255 g/mol. The molecule has 0 heterocycles. The lowest BCUT2D eigenvalue weighted by molar-refractivity contribution is -0.157. The van der Waals surface area contributed by atoms with E-state index in [-0.39, 0.29) is 5.60 Å². The van der Waals surface area contributed by atoms with Crippen LogP contribution in [0.4, 0.5) is 0 Å². The molecule has 2 saturated carbocycles. The van der Waals surface area contributed by atoms with Gasteiger partial charge in [-0.15, -0.1) is 0 Å². The van der Waals surface area contributed by atoms with Crippen molar-refractivity contribution >= 4 is 0 Å². The first-order chi connectivity index (χ1) is 8.65. The van der Waals surface area contributed by atoms with E-state index in [0.717, 1.165) is 37.2 Å². The van der Waals surface area contributed by atoms with Crippen LogP contribution < -0.4 is 5.73 Å². The first-order valence-corrected chi connectivity index (χ1v) is 7.57. The predicted molar refractivity (Wildman–Crippen MR) is 73.2 cm³/mol. The molecule has 0 amide bonds. The second-order valence-electron chi connectivity index (χ2n) is 6.54. The SMILES string of the molecule is CC(C)C1CCC(CN)(OCOCC2CC2)CC1. The van der Waals surface area contributed by atoms with E-state index in [9.17, 15) is 0 Å². The third-order valence-electron chi connectivity index (χ3n) is 4.76. The minimum Gasteiger partial charge on any atom is -0.355 e. The minimum absolute atomic E-state index is 0.102. The molecule has 0 unspecified atom stereocenters. The van der Waals surface area contributed by atoms with Crippen molar-refractivity contribution in [3.8, 4) is 0 Å². The summed E-state index contributed by atoms with van der Waals surface area (Å²) >= 11 is 0. The van der Waals surface area contributed by atoms with Gasteiger partial charge in [-0.1, -0.05) is 13.8 Å². The molecule has 106 valence electrons. The zero-order valence-corrected chi connectivity index (χ0v) is 12.0. The summed E-state index contributed by atoms with van der Waals surface area (Å²) in [5.74, 6) is 2.44. The number of rotatable bonds is 7. The second kappa shape index (κ2) is 6.36. The first kappa shape index (κ1) is 14.3. The molecule has 3 nitrogen and oxygen atoms in total. The number of hydrogen-bond donors (Lipinski definition) is 1. The number of hydrogen-bond acceptors (Lipinski definition) is 3. The Morgan fingerprint density at radius 2 is 1.83 bits per heavy atom. The van der Waals surface area contributed by atoms with Gasteiger partial charge in [-0.05, 0) is 56.3 Å². The van der Waals surface area contributed by atoms with E-state index >= 15 is 0 Å². The van der Waals surface area contributed by atoms with Gasteiger partial charge >= 0.3 is 0 Å². The van der Waals surface area contributed by atoms with Gasteiger partial charge in [0.15, 0.2) is 0 Å². The van der Waals surface area contributed by atoms with E-state index in [1.165, 1.54) is 25.7 Å². The van der Waals surface area contributed by atoms with Crippen LogP contribution in [-0.4, -0.2) is 25.5 Å². The molecule has 0 aromatic rings. The Kier molecular flexibility index (Phi) is 5.05. The van der Waals surface area contributed by atoms with Crippen molar-refractivity contribution in [1.29, 1.82) is 0 Å². The molecule has 0 saturated heterocycles. The molecule has 2 fully saturated rings. The average Bonchev–Trinajstić information content (AvgIpc) is 3.19. The zero-order valence-electron chi connectivity index (χ0n) is 12.0. The number of nitrogens with two attached hydrogens (primary N) is 1. The Bertz CT molecular complexity index is 243. The Labute approximate surface area is 111 Å². The third-order valence-corrected chi connectivity index (χ3v) is 4.76. The van der Waals surface area contributed by atoms with E-state index in [4.69, 9.17) is 15.2 Å². The molecule has 18 heavy (non-hydrogen) atoms. The van der Waals surface area contributed by atoms with Gasteiger partial charge < -0.3 is 15.2 Å². The molecule has 0 aromatic carbocycles. The van der Waals surface area contributed by atoms with E-state index in [2.05, 4.69) is 13.8 Å². The normalized spacial score (nSPS) is 33.0. The monoisotopic (exact) mass is 255 g/mol. The Morgan fingerprint density at radius 3 is 2.33 bits per heavy atom. The van der Waals surface area contributed by atoms with E-state index in [1.807, 2.05) is 0 Å². The Morgan fingerprint density at radius 1 is 1.17 bits per heavy atom. The highest BCUT2D eigenvalue weighted by Crippen LogP contribution is 2.37. The van der Waals surface area contributed by atoms with Crippen molar-refractivity contribution in [2.75, 3.05) is 19.9 Å². The second-order valence-corrected chi connectivity index (χ2v) is 6.54. The lowest BCUT2D eigenvalue weighted by atomic mass is 9.74. The highest BCUT2D eigenvalue weighted by Gasteiger charge is 2.36. The summed E-state index contributed by atoms with van der Waals surface area (Å²) in [6.45, 7) is 6.57. The predicted octanol–water partition coefficient (Wildman–Crippen LogP) is 2.93. The lowest BCUT2D eigenvalue weighted by Crippen LogP contribution is -2.45. The van der Waals surface area contributed by atoms with E-state index in [1.54, 1.807) is 0 Å². The lowest BCUT2D eigenvalue weighted by Gasteiger charge is -2.40. The first-order valence-electron chi connectivity index (χ1n) is 7.57. The zero-order chi connectivity index (χ0) is 13.0. The summed E-state index contributed by atoms with van der Waals surface area (Å²) in [7, 11) is 0. The molecule has 0 aromatic heterocycles. The van der Waals surface area contributed by atoms with Gasteiger partial charge in [-0.2, -0.15) is 0 Å². The molecule has 3 heteroatoms. The largest absolute Gasteiger partial charge is 0.355 e. The van der Waals surface area contributed by atoms with Crippen molar-refractivity contribution in [1.82, 2.24) is 0 Å². The molecule has 2 aliphatic carbocycles. The van der Waals surface area contributed by atoms with Gasteiger partial charge in [0, 0.05) is 6.54 Å². The molecule has 0 atom stereocenters. The van der Waals surface area contributed by atoms with Crippen molar-refractivity contribution in [3.63, 3.8) is 0 Å². The molecule has 0 aliphatic heterocycles. The fourth-order valence-corrected chi connectivity index (χ4v) is 2.91. The number of ether oxygens (including phenoxy) is 2. The quantitative estimate of drug-likeness (QED) is 0.562. The van der Waals surface area contributed by atoms with Crippen LogP contribution >= 0.6 is 0 Å². The van der Waals surface area contributed by atoms with Crippen LogP contribution in [0.15, 0.2) is 0 Å². The maximum atomic E-state index is 5.98. The molecule has 2 aliphatic rings. The van der Waals surface area contributed by atoms with E-state index < -0.39 is 0 Å². The van der Waals surface area contributed by atoms with Crippen LogP contribution in [0.2, 0.25) is 0 Å². The highest BCUT2D eigenvalue weighted by molar-refractivity contribution is 4.88. The molecular formula is C15H29NO2. The summed E-state index contributed by atoms with van der Waals surface area (Å²) in [5, 5.41) is 0. The Hall–Kier alpha value is -0.120. The summed E-state index contributed by atoms with van der Waals surface area (Å²) in [6, 6.07) is 0. The molecule has 2 N–H and O–H groups in total. The van der Waals surface area contributed by atoms with Crippen LogP contribution in [0, 0.1) is 17.8 Å². The molecule has 0 radical (unpaired) electrons. The van der Waals surface area contributed by atoms with Gasteiger partial charge in [-0.3, -0.25) is 0 Å². The van der Waals surface area contributed by atoms with Crippen molar-refractivity contribution in [2.24, 2.45) is 23.5 Å². The third kappa shape index (κ3) is 3.94. The van der Waals surface area contributed by atoms with Gasteiger partial charge in [-0.25, -0.2) is 0 Å². The van der Waals surface area contributed by atoms with Crippen molar-refractivity contribution in [3.05, 3.63) is 0 Å². The van der Waals surface area contributed by atoms with Crippen molar-refractivity contribution < 1.29 is 9.47 Å². The van der Waals surface area contributed by atoms with Gasteiger partial charge in [0.05, 0.1) is 12.2 Å². The highest BCUT2D eigenvalue weighted by atomic mass is 16.7. The summed E-state index contributed by atoms with van der Waals surface area (Å²) in [5.41, 5.74) is 5.83. The maximum Gasteiger partial charge on any atom is 0.147 e. The molecule has 0 spiro atoms. The van der Waals surface area contributed by atoms with E-state index in [0.29, 0.717) is 13.3 Å². The van der Waals surface area contributed by atoms with Gasteiger partial charge in [0.1, 0.15) is 6.79 Å². The minimum atomic E-state index is -0.102. The van der Waals surface area contributed by atoms with Crippen LogP contribution in [0.3, 0.4) is 0 Å². The fraction of sp³-hybridized carbons (Fsp3) is 1.00. The van der Waals surface area contributed by atoms with Crippen molar-refractivity contribution in [2.45, 2.75) is 58.0 Å². The van der Waals surface area contributed by atoms with Gasteiger partial charge in [0.25, 0.3) is 0 Å². The molecule has 2 rings (SSSR count). The summed E-state index contributed by atoms with van der Waals surface area (Å²) in [4.78, 5) is 0. The van der Waals surface area contributed by atoms with Crippen LogP contribution in [0.25, 0.3) is 0 Å². The summed E-state index contributed by atoms with van der Waals surface area (Å²) < 4.78 is 11.6. The van der Waals surface area contributed by atoms with Crippen LogP contribution in [-0.2, 0) is 9.47 Å². The molecule has 0 bridgehead atoms. The molecular weight excluding hydrogens is 226 g/mol. The summed E-state index contributed by atoms with van der Waals surface area (Å²) in [6.07, 6.45) is 7.35.